The summed E-state index contributed by atoms with van der Waals surface area (Å²) in [6.45, 7) is 2.53. The lowest BCUT2D eigenvalue weighted by Crippen LogP contribution is -2.01. The number of ether oxygens (including phenoxy) is 1. The van der Waals surface area contributed by atoms with E-state index < -0.39 is 5.97 Å². The number of carboxylic acids is 1. The van der Waals surface area contributed by atoms with E-state index in [-0.39, 0.29) is 5.56 Å². The zero-order valence-corrected chi connectivity index (χ0v) is 11.1. The molecule has 0 amide bonds. The minimum Gasteiger partial charge on any atom is -0.494 e. The molecule has 0 aliphatic carbocycles. The predicted molar refractivity (Wildman–Crippen MR) is 78.7 cm³/mol. The molecule has 0 atom stereocenters. The number of hydrogen-bond donors (Lipinski definition) is 3. The third-order valence-electron chi connectivity index (χ3n) is 2.74. The highest BCUT2D eigenvalue weighted by atomic mass is 16.5. The first-order valence-electron chi connectivity index (χ1n) is 6.23. The SMILES string of the molecule is CCOc1ccc(Nc2cc(C(=O)O)ccc2N)cc1. The molecule has 2 aromatic carbocycles. The fourth-order valence-corrected chi connectivity index (χ4v) is 1.75. The Morgan fingerprint density at radius 2 is 1.95 bits per heavy atom. The molecule has 0 unspecified atom stereocenters. The van der Waals surface area contributed by atoms with Crippen LogP contribution in [0.1, 0.15) is 17.3 Å². The van der Waals surface area contributed by atoms with Crippen molar-refractivity contribution in [2.24, 2.45) is 0 Å². The van der Waals surface area contributed by atoms with Gasteiger partial charge < -0.3 is 20.9 Å². The van der Waals surface area contributed by atoms with E-state index in [9.17, 15) is 4.79 Å². The highest BCUT2D eigenvalue weighted by Crippen LogP contribution is 2.25. The highest BCUT2D eigenvalue weighted by Gasteiger charge is 2.07. The van der Waals surface area contributed by atoms with E-state index >= 15 is 0 Å². The number of benzene rings is 2. The van der Waals surface area contributed by atoms with Crippen LogP contribution in [-0.2, 0) is 0 Å². The van der Waals surface area contributed by atoms with E-state index in [4.69, 9.17) is 15.6 Å². The maximum atomic E-state index is 10.9. The van der Waals surface area contributed by atoms with E-state index in [1.165, 1.54) is 12.1 Å². The van der Waals surface area contributed by atoms with Gasteiger partial charge in [-0.1, -0.05) is 0 Å². The fourth-order valence-electron chi connectivity index (χ4n) is 1.75. The Labute approximate surface area is 117 Å². The molecule has 0 spiro atoms. The normalized spacial score (nSPS) is 10.1. The van der Waals surface area contributed by atoms with E-state index in [1.807, 2.05) is 31.2 Å². The van der Waals surface area contributed by atoms with Gasteiger partial charge in [0.25, 0.3) is 0 Å². The lowest BCUT2D eigenvalue weighted by Gasteiger charge is -2.11. The first-order valence-corrected chi connectivity index (χ1v) is 6.23. The Bertz CT molecular complexity index is 609. The summed E-state index contributed by atoms with van der Waals surface area (Å²) in [4.78, 5) is 10.9. The zero-order chi connectivity index (χ0) is 14.5. The average Bonchev–Trinajstić information content (AvgIpc) is 2.43. The molecule has 0 bridgehead atoms. The first kappa shape index (κ1) is 13.7. The molecule has 20 heavy (non-hydrogen) atoms. The molecule has 0 aliphatic heterocycles. The molecule has 0 aliphatic rings. The molecule has 2 aromatic rings. The van der Waals surface area contributed by atoms with E-state index in [0.717, 1.165) is 11.4 Å². The van der Waals surface area contributed by atoms with Crippen LogP contribution in [0, 0.1) is 0 Å². The first-order chi connectivity index (χ1) is 9.60. The number of anilines is 3. The van der Waals surface area contributed by atoms with Crippen molar-refractivity contribution in [2.45, 2.75) is 6.92 Å². The highest BCUT2D eigenvalue weighted by molar-refractivity contribution is 5.91. The Kier molecular flexibility index (Phi) is 4.10. The quantitative estimate of drug-likeness (QED) is 0.728. The summed E-state index contributed by atoms with van der Waals surface area (Å²) in [6, 6.07) is 11.9. The minimum absolute atomic E-state index is 0.188. The Balaban J connectivity index is 2.20. The number of carbonyl (C=O) groups is 1. The molecule has 0 saturated heterocycles. The number of nitrogens with two attached hydrogens (primary N) is 1. The molecule has 104 valence electrons. The van der Waals surface area contributed by atoms with Gasteiger partial charge in [0, 0.05) is 5.69 Å². The molecule has 0 fully saturated rings. The summed E-state index contributed by atoms with van der Waals surface area (Å²) in [6.07, 6.45) is 0. The molecule has 0 radical (unpaired) electrons. The second kappa shape index (κ2) is 5.97. The van der Waals surface area contributed by atoms with Crippen molar-refractivity contribution >= 4 is 23.0 Å². The van der Waals surface area contributed by atoms with Crippen molar-refractivity contribution in [3.63, 3.8) is 0 Å². The predicted octanol–water partition coefficient (Wildman–Crippen LogP) is 3.11. The Morgan fingerprint density at radius 3 is 2.55 bits per heavy atom. The van der Waals surface area contributed by atoms with Crippen molar-refractivity contribution in [3.8, 4) is 5.75 Å². The van der Waals surface area contributed by atoms with Gasteiger partial charge in [-0.25, -0.2) is 4.79 Å². The number of rotatable bonds is 5. The topological polar surface area (TPSA) is 84.6 Å². The van der Waals surface area contributed by atoms with E-state index in [1.54, 1.807) is 6.07 Å². The van der Waals surface area contributed by atoms with Gasteiger partial charge in [-0.05, 0) is 49.4 Å². The maximum Gasteiger partial charge on any atom is 0.335 e. The molecule has 0 saturated carbocycles. The third kappa shape index (κ3) is 3.20. The number of carboxylic acid groups (broad SMARTS) is 1. The monoisotopic (exact) mass is 272 g/mol. The van der Waals surface area contributed by atoms with Crippen LogP contribution in [0.15, 0.2) is 42.5 Å². The van der Waals surface area contributed by atoms with Crippen LogP contribution in [0.3, 0.4) is 0 Å². The van der Waals surface area contributed by atoms with Gasteiger partial charge in [-0.3, -0.25) is 0 Å². The number of nitrogen functional groups attached to an aromatic ring is 1. The zero-order valence-electron chi connectivity index (χ0n) is 11.1. The van der Waals surface area contributed by atoms with Gasteiger partial charge in [-0.15, -0.1) is 0 Å². The Morgan fingerprint density at radius 1 is 1.25 bits per heavy atom. The van der Waals surface area contributed by atoms with Crippen molar-refractivity contribution < 1.29 is 14.6 Å². The van der Waals surface area contributed by atoms with Gasteiger partial charge in [0.15, 0.2) is 0 Å². The largest absolute Gasteiger partial charge is 0.494 e. The number of nitrogens with one attached hydrogen (secondary N) is 1. The van der Waals surface area contributed by atoms with Crippen LogP contribution >= 0.6 is 0 Å². The van der Waals surface area contributed by atoms with E-state index in [0.29, 0.717) is 18.0 Å². The standard InChI is InChI=1S/C15H16N2O3/c1-2-20-12-6-4-11(5-7-12)17-14-9-10(15(18)19)3-8-13(14)16/h3-9,17H,2,16H2,1H3,(H,18,19). The Hall–Kier alpha value is -2.69. The van der Waals surface area contributed by atoms with Gasteiger partial charge >= 0.3 is 5.97 Å². The van der Waals surface area contributed by atoms with E-state index in [2.05, 4.69) is 5.32 Å². The fraction of sp³-hybridized carbons (Fsp3) is 0.133. The summed E-state index contributed by atoms with van der Waals surface area (Å²) < 4.78 is 5.36. The summed E-state index contributed by atoms with van der Waals surface area (Å²) in [5.74, 6) is -0.204. The lowest BCUT2D eigenvalue weighted by atomic mass is 10.1. The van der Waals surface area contributed by atoms with Gasteiger partial charge in [0.2, 0.25) is 0 Å². The van der Waals surface area contributed by atoms with Crippen LogP contribution < -0.4 is 15.8 Å². The molecule has 5 nitrogen and oxygen atoms in total. The van der Waals surface area contributed by atoms with Crippen molar-refractivity contribution in [3.05, 3.63) is 48.0 Å². The smallest absolute Gasteiger partial charge is 0.335 e. The molecule has 2 rings (SSSR count). The van der Waals surface area contributed by atoms with Crippen molar-refractivity contribution in [2.75, 3.05) is 17.7 Å². The molecule has 0 heterocycles. The maximum absolute atomic E-state index is 10.9. The summed E-state index contributed by atoms with van der Waals surface area (Å²) >= 11 is 0. The minimum atomic E-state index is -0.986. The second-order valence-electron chi connectivity index (χ2n) is 4.19. The van der Waals surface area contributed by atoms with Crippen LogP contribution in [0.25, 0.3) is 0 Å². The van der Waals surface area contributed by atoms with Crippen LogP contribution in [-0.4, -0.2) is 17.7 Å². The van der Waals surface area contributed by atoms with Gasteiger partial charge in [0.1, 0.15) is 5.75 Å². The van der Waals surface area contributed by atoms with Crippen molar-refractivity contribution in [1.82, 2.24) is 0 Å². The van der Waals surface area contributed by atoms with Crippen molar-refractivity contribution in [1.29, 1.82) is 0 Å². The molecule has 5 heteroatoms. The molecule has 0 aromatic heterocycles. The summed E-state index contributed by atoms with van der Waals surface area (Å²) in [7, 11) is 0. The third-order valence-corrected chi connectivity index (χ3v) is 2.74. The number of hydrogen-bond acceptors (Lipinski definition) is 4. The summed E-state index contributed by atoms with van der Waals surface area (Å²) in [5.41, 5.74) is 7.88. The number of aromatic carboxylic acids is 1. The summed E-state index contributed by atoms with van der Waals surface area (Å²) in [5, 5.41) is 12.1. The van der Waals surface area contributed by atoms with Crippen LogP contribution in [0.2, 0.25) is 0 Å². The van der Waals surface area contributed by atoms with Gasteiger partial charge in [0.05, 0.1) is 23.5 Å². The molecular weight excluding hydrogens is 256 g/mol. The van der Waals surface area contributed by atoms with Crippen LogP contribution in [0.5, 0.6) is 5.75 Å². The van der Waals surface area contributed by atoms with Gasteiger partial charge in [-0.2, -0.15) is 0 Å². The molecular formula is C15H16N2O3. The average molecular weight is 272 g/mol. The lowest BCUT2D eigenvalue weighted by molar-refractivity contribution is 0.0697. The second-order valence-corrected chi connectivity index (χ2v) is 4.19. The molecule has 4 N–H and O–H groups in total. The van der Waals surface area contributed by atoms with Crippen LogP contribution in [0.4, 0.5) is 17.1 Å².